The Hall–Kier alpha value is -0.920. The van der Waals surface area contributed by atoms with Crippen LogP contribution in [0.15, 0.2) is 11.0 Å². The van der Waals surface area contributed by atoms with Gasteiger partial charge in [0.05, 0.1) is 10.3 Å². The summed E-state index contributed by atoms with van der Waals surface area (Å²) in [5.41, 5.74) is -0.996. The fourth-order valence-corrected chi connectivity index (χ4v) is 5.70. The molecule has 2 heterocycles. The molecule has 1 aromatic rings. The van der Waals surface area contributed by atoms with Crippen molar-refractivity contribution in [2.75, 3.05) is 13.1 Å². The second-order valence-electron chi connectivity index (χ2n) is 5.59. The molecule has 0 radical (unpaired) electrons. The third kappa shape index (κ3) is 2.62. The highest BCUT2D eigenvalue weighted by Gasteiger charge is 2.42. The zero-order chi connectivity index (χ0) is 15.1. The molecule has 0 bridgehead atoms. The average molecular weight is 317 g/mol. The Kier molecular flexibility index (Phi) is 3.96. The van der Waals surface area contributed by atoms with Gasteiger partial charge in [-0.25, -0.2) is 8.42 Å². The number of rotatable bonds is 3. The molecule has 1 N–H and O–H groups in total. The monoisotopic (exact) mass is 317 g/mol. The predicted molar refractivity (Wildman–Crippen MR) is 77.5 cm³/mol. The van der Waals surface area contributed by atoms with E-state index in [4.69, 9.17) is 0 Å². The van der Waals surface area contributed by atoms with E-state index < -0.39 is 21.4 Å². The fourth-order valence-electron chi connectivity index (χ4n) is 2.58. The molecule has 1 saturated heterocycles. The maximum absolute atomic E-state index is 12.7. The standard InChI is InChI=1S/C13H19NO4S2/c1-9-7-11(10(2)19-9)20(17,18)14-6-4-5-13(3,8-14)12(15)16/h7H,4-6,8H2,1-3H3,(H,15,16). The smallest absolute Gasteiger partial charge is 0.310 e. The zero-order valence-corrected chi connectivity index (χ0v) is 13.5. The van der Waals surface area contributed by atoms with Crippen LogP contribution in [0.4, 0.5) is 0 Å². The van der Waals surface area contributed by atoms with Crippen molar-refractivity contribution in [1.82, 2.24) is 4.31 Å². The van der Waals surface area contributed by atoms with Crippen molar-refractivity contribution in [3.05, 3.63) is 15.8 Å². The van der Waals surface area contributed by atoms with Gasteiger partial charge in [-0.3, -0.25) is 4.79 Å². The summed E-state index contributed by atoms with van der Waals surface area (Å²) in [4.78, 5) is 13.3. The summed E-state index contributed by atoms with van der Waals surface area (Å²) in [6.45, 7) is 5.69. The van der Waals surface area contributed by atoms with Gasteiger partial charge in [0, 0.05) is 22.8 Å². The van der Waals surface area contributed by atoms with Crippen LogP contribution < -0.4 is 0 Å². The lowest BCUT2D eigenvalue weighted by Gasteiger charge is -2.36. The third-order valence-corrected chi connectivity index (χ3v) is 6.86. The maximum Gasteiger partial charge on any atom is 0.310 e. The molecule has 1 aliphatic rings. The molecule has 20 heavy (non-hydrogen) atoms. The van der Waals surface area contributed by atoms with Gasteiger partial charge in [-0.2, -0.15) is 4.31 Å². The lowest BCUT2D eigenvalue weighted by Crippen LogP contribution is -2.48. The topological polar surface area (TPSA) is 74.7 Å². The molecule has 1 aromatic heterocycles. The number of carbonyl (C=O) groups is 1. The molecule has 7 heteroatoms. The molecule has 1 unspecified atom stereocenters. The van der Waals surface area contributed by atoms with E-state index in [1.54, 1.807) is 19.9 Å². The second-order valence-corrected chi connectivity index (χ2v) is 8.95. The van der Waals surface area contributed by atoms with E-state index >= 15 is 0 Å². The Morgan fingerprint density at radius 1 is 1.45 bits per heavy atom. The van der Waals surface area contributed by atoms with E-state index in [1.165, 1.54) is 15.6 Å². The van der Waals surface area contributed by atoms with Crippen LogP contribution in [0.5, 0.6) is 0 Å². The number of carboxylic acids is 1. The number of nitrogens with zero attached hydrogens (tertiary/aromatic N) is 1. The van der Waals surface area contributed by atoms with Crippen molar-refractivity contribution < 1.29 is 18.3 Å². The molecule has 2 rings (SSSR count). The number of carboxylic acid groups (broad SMARTS) is 1. The van der Waals surface area contributed by atoms with Gasteiger partial charge in [0.1, 0.15) is 0 Å². The lowest BCUT2D eigenvalue weighted by atomic mass is 9.83. The molecule has 1 fully saturated rings. The summed E-state index contributed by atoms with van der Waals surface area (Å²) in [5.74, 6) is -0.935. The van der Waals surface area contributed by atoms with E-state index in [9.17, 15) is 18.3 Å². The molecule has 1 atom stereocenters. The summed E-state index contributed by atoms with van der Waals surface area (Å²) in [7, 11) is -3.60. The summed E-state index contributed by atoms with van der Waals surface area (Å²) in [6.07, 6.45) is 1.08. The van der Waals surface area contributed by atoms with Gasteiger partial charge in [-0.05, 0) is 39.7 Å². The number of aliphatic carboxylic acids is 1. The first-order valence-electron chi connectivity index (χ1n) is 6.47. The molecule has 1 aliphatic heterocycles. The predicted octanol–water partition coefficient (Wildman–Crippen LogP) is 2.24. The Bertz CT molecular complexity index is 635. The number of thiophene rings is 1. The Morgan fingerprint density at radius 3 is 2.60 bits per heavy atom. The largest absolute Gasteiger partial charge is 0.481 e. The minimum atomic E-state index is -3.60. The molecular formula is C13H19NO4S2. The normalized spacial score (nSPS) is 24.8. The van der Waals surface area contributed by atoms with Crippen LogP contribution in [-0.2, 0) is 14.8 Å². The van der Waals surface area contributed by atoms with Gasteiger partial charge in [0.15, 0.2) is 0 Å². The first kappa shape index (κ1) is 15.5. The molecule has 0 aliphatic carbocycles. The average Bonchev–Trinajstić information content (AvgIpc) is 2.69. The van der Waals surface area contributed by atoms with Crippen molar-refractivity contribution in [3.63, 3.8) is 0 Å². The number of aryl methyl sites for hydroxylation is 2. The molecular weight excluding hydrogens is 298 g/mol. The molecule has 0 amide bonds. The minimum absolute atomic E-state index is 0.0407. The molecule has 0 saturated carbocycles. The summed E-state index contributed by atoms with van der Waals surface area (Å²) in [5, 5.41) is 9.29. The molecule has 0 spiro atoms. The van der Waals surface area contributed by atoms with Crippen molar-refractivity contribution >= 4 is 27.3 Å². The number of piperidine rings is 1. The number of hydrogen-bond donors (Lipinski definition) is 1. The Balaban J connectivity index is 2.35. The molecule has 5 nitrogen and oxygen atoms in total. The van der Waals surface area contributed by atoms with Crippen LogP contribution in [0.2, 0.25) is 0 Å². The van der Waals surface area contributed by atoms with Crippen LogP contribution >= 0.6 is 11.3 Å². The quantitative estimate of drug-likeness (QED) is 0.928. The zero-order valence-electron chi connectivity index (χ0n) is 11.8. The van der Waals surface area contributed by atoms with Gasteiger partial charge < -0.3 is 5.11 Å². The van der Waals surface area contributed by atoms with Crippen LogP contribution in [0.1, 0.15) is 29.5 Å². The number of hydrogen-bond acceptors (Lipinski definition) is 4. The van der Waals surface area contributed by atoms with Crippen LogP contribution in [0, 0.1) is 19.3 Å². The number of sulfonamides is 1. The van der Waals surface area contributed by atoms with E-state index in [0.717, 1.165) is 9.75 Å². The first-order valence-corrected chi connectivity index (χ1v) is 8.73. The fraction of sp³-hybridized carbons (Fsp3) is 0.615. The maximum atomic E-state index is 12.7. The van der Waals surface area contributed by atoms with E-state index in [-0.39, 0.29) is 6.54 Å². The van der Waals surface area contributed by atoms with Crippen molar-refractivity contribution in [2.45, 2.75) is 38.5 Å². The highest BCUT2D eigenvalue weighted by molar-refractivity contribution is 7.89. The van der Waals surface area contributed by atoms with Gasteiger partial charge in [-0.1, -0.05) is 0 Å². The SMILES string of the molecule is Cc1cc(S(=O)(=O)N2CCCC(C)(C(=O)O)C2)c(C)s1. The Labute approximate surface area is 123 Å². The van der Waals surface area contributed by atoms with Gasteiger partial charge in [-0.15, -0.1) is 11.3 Å². The van der Waals surface area contributed by atoms with E-state index in [1.807, 2.05) is 6.92 Å². The van der Waals surface area contributed by atoms with E-state index in [2.05, 4.69) is 0 Å². The highest BCUT2D eigenvalue weighted by Crippen LogP contribution is 2.35. The third-order valence-electron chi connectivity index (χ3n) is 3.79. The van der Waals surface area contributed by atoms with Crippen molar-refractivity contribution in [2.24, 2.45) is 5.41 Å². The van der Waals surface area contributed by atoms with Crippen LogP contribution in [0.25, 0.3) is 0 Å². The first-order chi connectivity index (χ1) is 9.17. The van der Waals surface area contributed by atoms with Gasteiger partial charge in [0.25, 0.3) is 0 Å². The lowest BCUT2D eigenvalue weighted by molar-refractivity contribution is -0.150. The Morgan fingerprint density at radius 2 is 2.10 bits per heavy atom. The van der Waals surface area contributed by atoms with Crippen LogP contribution in [0.3, 0.4) is 0 Å². The summed E-state index contributed by atoms with van der Waals surface area (Å²) >= 11 is 1.44. The van der Waals surface area contributed by atoms with Crippen molar-refractivity contribution in [3.8, 4) is 0 Å². The molecule has 0 aromatic carbocycles. The van der Waals surface area contributed by atoms with Crippen LogP contribution in [-0.4, -0.2) is 36.9 Å². The summed E-state index contributed by atoms with van der Waals surface area (Å²) in [6, 6.07) is 1.67. The van der Waals surface area contributed by atoms with Gasteiger partial charge in [0.2, 0.25) is 10.0 Å². The van der Waals surface area contributed by atoms with Crippen molar-refractivity contribution in [1.29, 1.82) is 0 Å². The van der Waals surface area contributed by atoms with Gasteiger partial charge >= 0.3 is 5.97 Å². The minimum Gasteiger partial charge on any atom is -0.481 e. The highest BCUT2D eigenvalue weighted by atomic mass is 32.2. The molecule has 112 valence electrons. The summed E-state index contributed by atoms with van der Waals surface area (Å²) < 4.78 is 26.7. The second kappa shape index (κ2) is 5.13. The van der Waals surface area contributed by atoms with E-state index in [0.29, 0.717) is 24.3 Å².